The van der Waals surface area contributed by atoms with Gasteiger partial charge in [-0.05, 0) is 80.9 Å². The maximum atomic E-state index is 6.71. The summed E-state index contributed by atoms with van der Waals surface area (Å²) in [7, 11) is 0. The van der Waals surface area contributed by atoms with Crippen LogP contribution in [0.2, 0.25) is 0 Å². The monoisotopic (exact) mass is 822 g/mol. The van der Waals surface area contributed by atoms with Crippen molar-refractivity contribution >= 4 is 33.7 Å². The predicted molar refractivity (Wildman–Crippen MR) is 254 cm³/mol. The van der Waals surface area contributed by atoms with Crippen LogP contribution in [0, 0.1) is 0 Å². The molecular formula is C57H34N4OS. The van der Waals surface area contributed by atoms with Gasteiger partial charge in [0.05, 0.1) is 16.8 Å². The van der Waals surface area contributed by atoms with Crippen LogP contribution >= 0.6 is 11.8 Å². The molecule has 6 heteroatoms. The van der Waals surface area contributed by atoms with Crippen molar-refractivity contribution in [1.82, 2.24) is 19.9 Å². The Morgan fingerprint density at radius 3 is 1.76 bits per heavy atom. The van der Waals surface area contributed by atoms with E-state index in [1.807, 2.05) is 84.8 Å². The lowest BCUT2D eigenvalue weighted by atomic mass is 9.63. The third-order valence-corrected chi connectivity index (χ3v) is 13.8. The second-order valence-electron chi connectivity index (χ2n) is 16.1. The van der Waals surface area contributed by atoms with Crippen molar-refractivity contribution in [2.45, 2.75) is 15.2 Å². The van der Waals surface area contributed by atoms with Gasteiger partial charge in [-0.25, -0.2) is 19.9 Å². The van der Waals surface area contributed by atoms with E-state index in [1.54, 1.807) is 0 Å². The number of rotatable bonds is 4. The van der Waals surface area contributed by atoms with Crippen LogP contribution in [0.1, 0.15) is 22.3 Å². The van der Waals surface area contributed by atoms with Gasteiger partial charge in [0, 0.05) is 55.2 Å². The number of furan rings is 1. The first-order valence-electron chi connectivity index (χ1n) is 21.1. The number of hydrogen-bond acceptors (Lipinski definition) is 6. The number of fused-ring (bicyclic) bond motifs is 14. The zero-order valence-corrected chi connectivity index (χ0v) is 34.6. The maximum absolute atomic E-state index is 6.71. The van der Waals surface area contributed by atoms with Gasteiger partial charge in [-0.3, -0.25) is 0 Å². The molecule has 1 unspecified atom stereocenters. The molecular weight excluding hydrogens is 789 g/mol. The summed E-state index contributed by atoms with van der Waals surface area (Å²) in [6, 6.07) is 69.0. The molecule has 1 aliphatic heterocycles. The summed E-state index contributed by atoms with van der Waals surface area (Å²) < 4.78 is 6.71. The highest BCUT2D eigenvalue weighted by molar-refractivity contribution is 7.99. The smallest absolute Gasteiger partial charge is 0.160 e. The van der Waals surface area contributed by atoms with E-state index in [-0.39, 0.29) is 0 Å². The Bertz CT molecular complexity index is 3600. The predicted octanol–water partition coefficient (Wildman–Crippen LogP) is 14.3. The SMILES string of the molecule is c1ccc(-c2cc(-c3cnc(-c4ccccc4)nc3)nc(-c3ccc4c(c3)C3(c5ccccc5Sc5cc6c(cc53)oc3ccccc36)c3ccccc3-c3ccccc3-4)n2)cc1. The third kappa shape index (κ3) is 5.51. The van der Waals surface area contributed by atoms with Crippen molar-refractivity contribution in [3.8, 4) is 67.5 Å². The fourth-order valence-corrected chi connectivity index (χ4v) is 11.1. The first-order valence-corrected chi connectivity index (χ1v) is 21.9. The highest BCUT2D eigenvalue weighted by atomic mass is 32.2. The lowest BCUT2D eigenvalue weighted by Gasteiger charge is -2.42. The van der Waals surface area contributed by atoms with E-state index in [4.69, 9.17) is 24.4 Å². The highest BCUT2D eigenvalue weighted by Gasteiger charge is 2.49. The average Bonchev–Trinajstić information content (AvgIpc) is 3.68. The first kappa shape index (κ1) is 35.8. The van der Waals surface area contributed by atoms with Gasteiger partial charge in [0.15, 0.2) is 11.6 Å². The Morgan fingerprint density at radius 1 is 0.365 bits per heavy atom. The number of para-hydroxylation sites is 1. The molecule has 13 rings (SSSR count). The minimum Gasteiger partial charge on any atom is -0.456 e. The maximum Gasteiger partial charge on any atom is 0.160 e. The summed E-state index contributed by atoms with van der Waals surface area (Å²) >= 11 is 1.84. The average molecular weight is 823 g/mol. The third-order valence-electron chi connectivity index (χ3n) is 12.7. The van der Waals surface area contributed by atoms with Crippen molar-refractivity contribution in [2.75, 3.05) is 0 Å². The minimum absolute atomic E-state index is 0.619. The van der Waals surface area contributed by atoms with E-state index < -0.39 is 5.41 Å². The fourth-order valence-electron chi connectivity index (χ4n) is 9.89. The van der Waals surface area contributed by atoms with E-state index in [9.17, 15) is 0 Å². The normalized spacial score (nSPS) is 14.7. The quantitative estimate of drug-likeness (QED) is 0.176. The van der Waals surface area contributed by atoms with Gasteiger partial charge in [-0.1, -0.05) is 169 Å². The zero-order valence-electron chi connectivity index (χ0n) is 33.7. The molecule has 0 radical (unpaired) electrons. The van der Waals surface area contributed by atoms with E-state index in [2.05, 4.69) is 133 Å². The number of aromatic nitrogens is 4. The summed E-state index contributed by atoms with van der Waals surface area (Å²) in [6.45, 7) is 0. The van der Waals surface area contributed by atoms with Crippen LogP contribution in [0.25, 0.3) is 89.5 Å². The second kappa shape index (κ2) is 14.1. The lowest BCUT2D eigenvalue weighted by Crippen LogP contribution is -2.34. The Morgan fingerprint density at radius 2 is 0.984 bits per heavy atom. The Labute approximate surface area is 367 Å². The molecule has 1 atom stereocenters. The largest absolute Gasteiger partial charge is 0.456 e. The number of hydrogen-bond donors (Lipinski definition) is 0. The molecule has 1 spiro atoms. The first-order chi connectivity index (χ1) is 31.2. The van der Waals surface area contributed by atoms with Crippen LogP contribution in [0.5, 0.6) is 0 Å². The second-order valence-corrected chi connectivity index (χ2v) is 17.2. The van der Waals surface area contributed by atoms with Crippen LogP contribution in [-0.2, 0) is 5.41 Å². The van der Waals surface area contributed by atoms with Gasteiger partial charge in [0.1, 0.15) is 11.2 Å². The Hall–Kier alpha value is -7.93. The van der Waals surface area contributed by atoms with Crippen molar-refractivity contribution in [1.29, 1.82) is 0 Å². The summed E-state index contributed by atoms with van der Waals surface area (Å²) in [5.74, 6) is 1.29. The highest BCUT2D eigenvalue weighted by Crippen LogP contribution is 2.62. The number of benzene rings is 8. The van der Waals surface area contributed by atoms with Gasteiger partial charge >= 0.3 is 0 Å². The van der Waals surface area contributed by atoms with Gasteiger partial charge in [0.2, 0.25) is 0 Å². The van der Waals surface area contributed by atoms with E-state index in [0.29, 0.717) is 11.6 Å². The summed E-state index contributed by atoms with van der Waals surface area (Å²) in [5, 5.41) is 2.23. The summed E-state index contributed by atoms with van der Waals surface area (Å²) in [5.41, 5.74) is 15.8. The molecule has 3 aromatic heterocycles. The Balaban J connectivity index is 1.11. The minimum atomic E-state index is -0.758. The van der Waals surface area contributed by atoms with Gasteiger partial charge in [0.25, 0.3) is 0 Å². The lowest BCUT2D eigenvalue weighted by molar-refractivity contribution is 0.660. The molecule has 4 heterocycles. The van der Waals surface area contributed by atoms with E-state index in [1.165, 1.54) is 43.2 Å². The molecule has 0 amide bonds. The van der Waals surface area contributed by atoms with Crippen molar-refractivity contribution in [3.63, 3.8) is 0 Å². The standard InChI is InChI=1S/C57H34N4OS/c1-3-15-35(16-4-1)49-32-50(38-33-58-55(59-34-38)36-17-5-2-6-18-36)61-56(60-49)37-27-28-42-40-20-8-7-19-39(40)41-21-9-11-23-45(41)57(47(42)29-37)46-24-12-14-26-53(46)63-54-30-44-43-22-10-13-25-51(43)62-52(44)31-48(54)57/h1-34H. The van der Waals surface area contributed by atoms with Gasteiger partial charge < -0.3 is 4.42 Å². The van der Waals surface area contributed by atoms with Crippen LogP contribution in [0.15, 0.2) is 221 Å². The topological polar surface area (TPSA) is 64.7 Å². The summed E-state index contributed by atoms with van der Waals surface area (Å²) in [6.07, 6.45) is 3.73. The van der Waals surface area contributed by atoms with Crippen LogP contribution in [-0.4, -0.2) is 19.9 Å². The van der Waals surface area contributed by atoms with Crippen molar-refractivity contribution in [2.24, 2.45) is 0 Å². The van der Waals surface area contributed by atoms with Gasteiger partial charge in [-0.15, -0.1) is 0 Å². The molecule has 11 aromatic rings. The van der Waals surface area contributed by atoms with Crippen LogP contribution < -0.4 is 0 Å². The van der Waals surface area contributed by atoms with Crippen LogP contribution in [0.3, 0.4) is 0 Å². The molecule has 294 valence electrons. The molecule has 0 saturated carbocycles. The van der Waals surface area contributed by atoms with Gasteiger partial charge in [-0.2, -0.15) is 0 Å². The molecule has 1 aliphatic carbocycles. The number of nitrogens with zero attached hydrogens (tertiary/aromatic N) is 4. The molecule has 0 fully saturated rings. The molecule has 5 nitrogen and oxygen atoms in total. The molecule has 0 bridgehead atoms. The Kier molecular flexibility index (Phi) is 7.99. The molecule has 0 saturated heterocycles. The zero-order chi connectivity index (χ0) is 41.5. The molecule has 8 aromatic carbocycles. The van der Waals surface area contributed by atoms with E-state index >= 15 is 0 Å². The van der Waals surface area contributed by atoms with Crippen molar-refractivity contribution < 1.29 is 4.42 Å². The molecule has 63 heavy (non-hydrogen) atoms. The summed E-state index contributed by atoms with van der Waals surface area (Å²) in [4.78, 5) is 22.7. The molecule has 0 N–H and O–H groups in total. The fraction of sp³-hybridized carbons (Fsp3) is 0.0175. The van der Waals surface area contributed by atoms with Crippen molar-refractivity contribution in [3.05, 3.63) is 229 Å². The molecule has 2 aliphatic rings. The van der Waals surface area contributed by atoms with Crippen LogP contribution in [0.4, 0.5) is 0 Å². The van der Waals surface area contributed by atoms with E-state index in [0.717, 1.165) is 66.7 Å².